The van der Waals surface area contributed by atoms with E-state index in [0.29, 0.717) is 5.95 Å². The Labute approximate surface area is 118 Å². The van der Waals surface area contributed by atoms with Crippen molar-refractivity contribution in [3.63, 3.8) is 0 Å². The van der Waals surface area contributed by atoms with Gasteiger partial charge < -0.3 is 10.1 Å². The second kappa shape index (κ2) is 6.75. The average Bonchev–Trinajstić information content (AvgIpc) is 2.28. The number of esters is 1. The Kier molecular flexibility index (Phi) is 5.60. The van der Waals surface area contributed by atoms with E-state index in [1.54, 1.807) is 6.20 Å². The minimum absolute atomic E-state index is 0.236. The van der Waals surface area contributed by atoms with Gasteiger partial charge in [0.1, 0.15) is 10.6 Å². The van der Waals surface area contributed by atoms with Gasteiger partial charge in [0.2, 0.25) is 5.95 Å². The molecule has 0 saturated carbocycles. The van der Waals surface area contributed by atoms with E-state index >= 15 is 0 Å². The highest BCUT2D eigenvalue weighted by Crippen LogP contribution is 2.21. The number of nitrogens with zero attached hydrogens (tertiary/aromatic N) is 2. The number of aromatic nitrogens is 2. The fourth-order valence-electron chi connectivity index (χ4n) is 1.31. The van der Waals surface area contributed by atoms with Gasteiger partial charge in [0.05, 0.1) is 5.75 Å². The van der Waals surface area contributed by atoms with Gasteiger partial charge in [0, 0.05) is 12.7 Å². The molecule has 0 aromatic carbocycles. The smallest absolute Gasteiger partial charge is 0.316 e. The van der Waals surface area contributed by atoms with Crippen LogP contribution in [-0.4, -0.2) is 33.8 Å². The van der Waals surface area contributed by atoms with E-state index in [1.165, 1.54) is 11.8 Å². The Morgan fingerprint density at radius 3 is 2.74 bits per heavy atom. The van der Waals surface area contributed by atoms with Gasteiger partial charge in [-0.1, -0.05) is 11.8 Å². The second-order valence-electron chi connectivity index (χ2n) is 5.09. The van der Waals surface area contributed by atoms with Gasteiger partial charge in [-0.3, -0.25) is 4.79 Å². The number of rotatable bonds is 5. The molecule has 1 aromatic heterocycles. The molecule has 19 heavy (non-hydrogen) atoms. The molecule has 0 saturated heterocycles. The highest BCUT2D eigenvalue weighted by Gasteiger charge is 2.17. The van der Waals surface area contributed by atoms with Crippen molar-refractivity contribution < 1.29 is 9.53 Å². The normalized spacial score (nSPS) is 11.2. The molecule has 1 heterocycles. The molecular weight excluding hydrogens is 262 g/mol. The number of carbonyl (C=O) groups excluding carboxylic acids is 1. The van der Waals surface area contributed by atoms with Gasteiger partial charge in [-0.2, -0.15) is 0 Å². The summed E-state index contributed by atoms with van der Waals surface area (Å²) < 4.78 is 5.26. The fraction of sp³-hybridized carbons (Fsp3) is 0.615. The molecule has 6 heteroatoms. The van der Waals surface area contributed by atoms with Crippen molar-refractivity contribution in [2.45, 2.75) is 45.2 Å². The number of carbonyl (C=O) groups is 1. The van der Waals surface area contributed by atoms with Gasteiger partial charge in [0.25, 0.3) is 0 Å². The zero-order valence-electron chi connectivity index (χ0n) is 12.1. The number of aryl methyl sites for hydroxylation is 1. The predicted molar refractivity (Wildman–Crippen MR) is 77.5 cm³/mol. The van der Waals surface area contributed by atoms with Gasteiger partial charge in [-0.05, 0) is 40.2 Å². The second-order valence-corrected chi connectivity index (χ2v) is 6.05. The van der Waals surface area contributed by atoms with E-state index in [-0.39, 0.29) is 11.7 Å². The van der Waals surface area contributed by atoms with Crippen LogP contribution in [0.1, 0.15) is 33.3 Å². The molecule has 0 aliphatic rings. The molecular formula is C13H21N3O2S. The number of hydrogen-bond donors (Lipinski definition) is 1. The summed E-state index contributed by atoms with van der Waals surface area (Å²) >= 11 is 1.37. The molecule has 0 aliphatic heterocycles. The summed E-state index contributed by atoms with van der Waals surface area (Å²) in [6.07, 6.45) is 1.75. The third-order valence-electron chi connectivity index (χ3n) is 2.01. The van der Waals surface area contributed by atoms with Crippen LogP contribution in [0.3, 0.4) is 0 Å². The number of thioether (sulfide) groups is 1. The maximum atomic E-state index is 11.7. The van der Waals surface area contributed by atoms with Crippen molar-refractivity contribution in [1.82, 2.24) is 9.97 Å². The molecule has 106 valence electrons. The molecule has 1 N–H and O–H groups in total. The van der Waals surface area contributed by atoms with Gasteiger partial charge in [-0.25, -0.2) is 9.97 Å². The van der Waals surface area contributed by atoms with E-state index < -0.39 is 5.60 Å². The highest BCUT2D eigenvalue weighted by molar-refractivity contribution is 7.99. The molecule has 0 fully saturated rings. The van der Waals surface area contributed by atoms with E-state index in [9.17, 15) is 4.79 Å². The first-order valence-corrected chi connectivity index (χ1v) is 7.22. The van der Waals surface area contributed by atoms with Crippen LogP contribution in [0.4, 0.5) is 5.95 Å². The largest absolute Gasteiger partial charge is 0.459 e. The first-order chi connectivity index (χ1) is 8.81. The van der Waals surface area contributed by atoms with Crippen LogP contribution in [0.5, 0.6) is 0 Å². The summed E-state index contributed by atoms with van der Waals surface area (Å²) in [7, 11) is 0. The topological polar surface area (TPSA) is 64.1 Å². The van der Waals surface area contributed by atoms with Crippen molar-refractivity contribution in [3.05, 3.63) is 11.8 Å². The van der Waals surface area contributed by atoms with E-state index in [1.807, 2.05) is 34.6 Å². The number of ether oxygens (including phenoxy) is 1. The number of anilines is 1. The molecule has 0 radical (unpaired) electrons. The standard InChI is InChI=1S/C13H21N3O2S/c1-6-14-12-15-7-9(2)11(16-12)19-8-10(17)18-13(3,4)5/h7H,6,8H2,1-5H3,(H,14,15,16). The third kappa shape index (κ3) is 5.92. The molecule has 0 aliphatic carbocycles. The molecule has 0 bridgehead atoms. The lowest BCUT2D eigenvalue weighted by atomic mass is 10.2. The van der Waals surface area contributed by atoms with Crippen LogP contribution in [0, 0.1) is 6.92 Å². The Morgan fingerprint density at radius 2 is 2.16 bits per heavy atom. The third-order valence-corrected chi connectivity index (χ3v) is 3.07. The maximum Gasteiger partial charge on any atom is 0.316 e. The minimum Gasteiger partial charge on any atom is -0.459 e. The quantitative estimate of drug-likeness (QED) is 0.509. The van der Waals surface area contributed by atoms with E-state index in [0.717, 1.165) is 17.1 Å². The summed E-state index contributed by atoms with van der Waals surface area (Å²) in [6.45, 7) is 10.2. The van der Waals surface area contributed by atoms with Crippen LogP contribution >= 0.6 is 11.8 Å². The molecule has 1 rings (SSSR count). The summed E-state index contributed by atoms with van der Waals surface area (Å²) in [5.41, 5.74) is 0.503. The van der Waals surface area contributed by atoms with Crippen molar-refractivity contribution >= 4 is 23.7 Å². The zero-order valence-corrected chi connectivity index (χ0v) is 12.9. The van der Waals surface area contributed by atoms with Crippen LogP contribution < -0.4 is 5.32 Å². The fourth-order valence-corrected chi connectivity index (χ4v) is 2.06. The monoisotopic (exact) mass is 283 g/mol. The van der Waals surface area contributed by atoms with Gasteiger partial charge in [-0.15, -0.1) is 0 Å². The average molecular weight is 283 g/mol. The lowest BCUT2D eigenvalue weighted by molar-refractivity contribution is -0.151. The molecule has 0 spiro atoms. The van der Waals surface area contributed by atoms with Crippen molar-refractivity contribution in [1.29, 1.82) is 0 Å². The maximum absolute atomic E-state index is 11.7. The Bertz CT molecular complexity index is 444. The van der Waals surface area contributed by atoms with Crippen molar-refractivity contribution in [3.8, 4) is 0 Å². The lowest BCUT2D eigenvalue weighted by Crippen LogP contribution is -2.25. The first kappa shape index (κ1) is 15.8. The summed E-state index contributed by atoms with van der Waals surface area (Å²) in [6, 6.07) is 0. The Balaban J connectivity index is 2.61. The SMILES string of the molecule is CCNc1ncc(C)c(SCC(=O)OC(C)(C)C)n1. The van der Waals surface area contributed by atoms with Gasteiger partial charge >= 0.3 is 5.97 Å². The van der Waals surface area contributed by atoms with Crippen molar-refractivity contribution in [2.24, 2.45) is 0 Å². The van der Waals surface area contributed by atoms with E-state index in [4.69, 9.17) is 4.74 Å². The number of hydrogen-bond acceptors (Lipinski definition) is 6. The Hall–Kier alpha value is -1.30. The zero-order chi connectivity index (χ0) is 14.5. The molecule has 5 nitrogen and oxygen atoms in total. The minimum atomic E-state index is -0.451. The summed E-state index contributed by atoms with van der Waals surface area (Å²) in [4.78, 5) is 20.2. The van der Waals surface area contributed by atoms with E-state index in [2.05, 4.69) is 15.3 Å². The number of nitrogens with one attached hydrogen (secondary N) is 1. The van der Waals surface area contributed by atoms with Crippen LogP contribution in [-0.2, 0) is 9.53 Å². The molecule has 0 atom stereocenters. The summed E-state index contributed by atoms with van der Waals surface area (Å²) in [5, 5.41) is 3.85. The van der Waals surface area contributed by atoms with Crippen molar-refractivity contribution in [2.75, 3.05) is 17.6 Å². The predicted octanol–water partition coefficient (Wildman–Crippen LogP) is 2.65. The van der Waals surface area contributed by atoms with Crippen LogP contribution in [0.2, 0.25) is 0 Å². The van der Waals surface area contributed by atoms with Crippen LogP contribution in [0.15, 0.2) is 11.2 Å². The van der Waals surface area contributed by atoms with Crippen LogP contribution in [0.25, 0.3) is 0 Å². The Morgan fingerprint density at radius 1 is 1.47 bits per heavy atom. The molecule has 0 unspecified atom stereocenters. The first-order valence-electron chi connectivity index (χ1n) is 6.24. The lowest BCUT2D eigenvalue weighted by Gasteiger charge is -2.19. The highest BCUT2D eigenvalue weighted by atomic mass is 32.2. The molecule has 1 aromatic rings. The summed E-state index contributed by atoms with van der Waals surface area (Å²) in [5.74, 6) is 0.598. The van der Waals surface area contributed by atoms with Gasteiger partial charge in [0.15, 0.2) is 0 Å². The molecule has 0 amide bonds.